The van der Waals surface area contributed by atoms with Crippen LogP contribution in [0.1, 0.15) is 40.5 Å². The molecule has 3 rings (SSSR count). The van der Waals surface area contributed by atoms with Gasteiger partial charge in [0.05, 0.1) is 19.5 Å². The summed E-state index contributed by atoms with van der Waals surface area (Å²) in [6.45, 7) is 3.46. The van der Waals surface area contributed by atoms with Crippen molar-refractivity contribution in [2.45, 2.75) is 70.7 Å². The Morgan fingerprint density at radius 3 is 2.40 bits per heavy atom. The fourth-order valence-electron chi connectivity index (χ4n) is 4.71. The van der Waals surface area contributed by atoms with E-state index in [9.17, 15) is 57.9 Å². The summed E-state index contributed by atoms with van der Waals surface area (Å²) in [5, 5.41) is 26.5. The Balaban J connectivity index is 1.57. The molecule has 28 heteroatoms. The molecule has 0 aromatic carbocycles. The molecule has 2 amide bonds. The third-order valence-corrected chi connectivity index (χ3v) is 11.7. The zero-order valence-corrected chi connectivity index (χ0v) is 32.2. The summed E-state index contributed by atoms with van der Waals surface area (Å²) in [5.41, 5.74) is 2.31. The lowest BCUT2D eigenvalue weighted by Crippen LogP contribution is -2.46. The van der Waals surface area contributed by atoms with Crippen molar-refractivity contribution in [1.82, 2.24) is 30.2 Å². The molecule has 1 aliphatic rings. The van der Waals surface area contributed by atoms with Gasteiger partial charge in [0.15, 0.2) is 22.3 Å². The van der Waals surface area contributed by atoms with Gasteiger partial charge in [0.25, 0.3) is 0 Å². The molecular weight excluding hydrogens is 795 g/mol. The highest BCUT2D eigenvalue weighted by Crippen LogP contribution is 2.61. The first-order valence-corrected chi connectivity index (χ1v) is 21.0. The van der Waals surface area contributed by atoms with Gasteiger partial charge in [-0.25, -0.2) is 28.6 Å². The van der Waals surface area contributed by atoms with Crippen molar-refractivity contribution in [3.63, 3.8) is 0 Å². The number of thioether (sulfide) groups is 1. The van der Waals surface area contributed by atoms with Crippen LogP contribution in [0.2, 0.25) is 0 Å². The van der Waals surface area contributed by atoms with Crippen LogP contribution in [-0.4, -0.2) is 123 Å². The lowest BCUT2D eigenvalue weighted by Gasteiger charge is -2.30. The first-order valence-electron chi connectivity index (χ1n) is 15.5. The van der Waals surface area contributed by atoms with Crippen molar-refractivity contribution in [3.05, 3.63) is 12.7 Å². The number of nitrogen functional groups attached to an aromatic ring is 1. The number of phosphoric ester groups is 3. The summed E-state index contributed by atoms with van der Waals surface area (Å²) in [4.78, 5) is 86.9. The third kappa shape index (κ3) is 12.5. The van der Waals surface area contributed by atoms with Crippen LogP contribution in [0.25, 0.3) is 11.2 Å². The van der Waals surface area contributed by atoms with E-state index in [4.69, 9.17) is 24.0 Å². The number of carbonyl (C=O) groups excluding carboxylic acids is 3. The van der Waals surface area contributed by atoms with Gasteiger partial charge >= 0.3 is 23.5 Å². The smallest absolute Gasteiger partial charge is 0.385 e. The first kappa shape index (κ1) is 45.0. The predicted octanol–water partition coefficient (Wildman–Crippen LogP) is -0.751. The normalized spacial score (nSPS) is 23.6. The fraction of sp³-hybridized carbons (Fsp3) is 0.680. The van der Waals surface area contributed by atoms with Crippen LogP contribution in [0.15, 0.2) is 12.7 Å². The second-order valence-corrected chi connectivity index (χ2v) is 17.6. The van der Waals surface area contributed by atoms with E-state index in [1.165, 1.54) is 20.8 Å². The van der Waals surface area contributed by atoms with E-state index in [-0.39, 0.29) is 41.6 Å². The molecule has 7 atom stereocenters. The Morgan fingerprint density at radius 2 is 1.75 bits per heavy atom. The van der Waals surface area contributed by atoms with Crippen molar-refractivity contribution < 1.29 is 80.5 Å². The van der Waals surface area contributed by atoms with Gasteiger partial charge in [0.1, 0.15) is 36.3 Å². The lowest BCUT2D eigenvalue weighted by atomic mass is 9.87. The van der Waals surface area contributed by atoms with Gasteiger partial charge in [-0.2, -0.15) is 4.31 Å². The van der Waals surface area contributed by atoms with Gasteiger partial charge in [-0.1, -0.05) is 32.5 Å². The van der Waals surface area contributed by atoms with Crippen molar-refractivity contribution in [3.8, 4) is 0 Å². The minimum absolute atomic E-state index is 0.0197. The molecule has 0 spiro atoms. The minimum atomic E-state index is -5.58. The summed E-state index contributed by atoms with van der Waals surface area (Å²) in [6, 6.07) is 0. The zero-order chi connectivity index (χ0) is 40.0. The monoisotopic (exact) mass is 837 g/mol. The van der Waals surface area contributed by atoms with Gasteiger partial charge in [-0.15, -0.1) is 0 Å². The number of aliphatic hydroxyl groups excluding tert-OH is 2. The molecule has 0 saturated carbocycles. The number of amides is 2. The molecule has 0 radical (unpaired) electrons. The number of ether oxygens (including phenoxy) is 1. The van der Waals surface area contributed by atoms with Crippen molar-refractivity contribution >= 4 is 69.1 Å². The van der Waals surface area contributed by atoms with Crippen LogP contribution in [0.4, 0.5) is 5.82 Å². The zero-order valence-electron chi connectivity index (χ0n) is 28.7. The van der Waals surface area contributed by atoms with Gasteiger partial charge in [0.2, 0.25) is 11.8 Å². The molecule has 0 aliphatic carbocycles. The second-order valence-electron chi connectivity index (χ2n) is 12.2. The predicted molar refractivity (Wildman–Crippen MR) is 182 cm³/mol. The maximum absolute atomic E-state index is 12.7. The van der Waals surface area contributed by atoms with Crippen molar-refractivity contribution in [1.29, 1.82) is 0 Å². The molecule has 300 valence electrons. The highest BCUT2D eigenvalue weighted by Gasteiger charge is 2.57. The fourth-order valence-corrected chi connectivity index (χ4v) is 8.17. The summed E-state index contributed by atoms with van der Waals surface area (Å²) in [5.74, 6) is -1.08. The van der Waals surface area contributed by atoms with Crippen molar-refractivity contribution in [2.24, 2.45) is 5.41 Å². The van der Waals surface area contributed by atoms with E-state index in [2.05, 4.69) is 29.9 Å². The van der Waals surface area contributed by atoms with Gasteiger partial charge in [0, 0.05) is 37.1 Å². The molecule has 1 aliphatic heterocycles. The molecular formula is C25H42N7O17P3S. The number of hydrogen-bond donors (Lipinski definition) is 9. The number of hydrogen-bond acceptors (Lipinski definition) is 18. The van der Waals surface area contributed by atoms with Crippen LogP contribution < -0.4 is 16.4 Å². The van der Waals surface area contributed by atoms with Crippen LogP contribution in [-0.2, 0) is 56.4 Å². The number of aromatic nitrogens is 4. The summed E-state index contributed by atoms with van der Waals surface area (Å²) in [6.07, 6.45) is -5.11. The maximum Gasteiger partial charge on any atom is 0.481 e. The molecule has 1 saturated heterocycles. The van der Waals surface area contributed by atoms with E-state index < -0.39 is 84.1 Å². The molecule has 24 nitrogen and oxygen atoms in total. The van der Waals surface area contributed by atoms with E-state index in [1.54, 1.807) is 6.92 Å². The molecule has 10 N–H and O–H groups in total. The van der Waals surface area contributed by atoms with E-state index in [0.717, 1.165) is 29.0 Å². The SMILES string of the molecule is CCC(=O)SCCNC(=O)CCNC(=O)C(O)C(C)(C)COP(=O)(O)OP(=O)(O)OCC1OC(C)(n2cnc3c(N)ncnc32)C(O)C1OP(=O)(O)O. The standard InChI is InChI=1S/C25H42N7O17P3S/c1-5-16(34)53-9-8-27-15(33)6-7-28-23(37)20(36)24(2,3)11-46-52(43,44)49-51(41,42)45-10-14-18(48-50(38,39)40)19(35)25(4,47-14)32-13-31-17-21(26)29-12-30-22(17)32/h12-14,18-20,35-36H,5-11H2,1-4H3,(H,27,33)(H,28,37)(H,41,42)(H,43,44)(H2,26,29,30)(H2,38,39,40). The molecule has 2 aromatic rings. The van der Waals surface area contributed by atoms with Crippen LogP contribution in [0, 0.1) is 5.41 Å². The molecule has 2 aromatic heterocycles. The molecule has 1 fully saturated rings. The highest BCUT2D eigenvalue weighted by atomic mass is 32.2. The first-order chi connectivity index (χ1) is 24.4. The number of aliphatic hydroxyl groups is 2. The third-order valence-electron chi connectivity index (χ3n) is 7.54. The number of phosphoric acid groups is 3. The number of nitrogens with zero attached hydrogens (tertiary/aromatic N) is 4. The number of anilines is 1. The highest BCUT2D eigenvalue weighted by molar-refractivity contribution is 8.13. The number of nitrogens with two attached hydrogens (primary N) is 1. The van der Waals surface area contributed by atoms with Gasteiger partial charge < -0.3 is 50.9 Å². The summed E-state index contributed by atoms with van der Waals surface area (Å²) in [7, 11) is -16.4. The summed E-state index contributed by atoms with van der Waals surface area (Å²) < 4.78 is 62.5. The van der Waals surface area contributed by atoms with Gasteiger partial charge in [-0.05, 0) is 6.92 Å². The van der Waals surface area contributed by atoms with E-state index in [1.807, 2.05) is 0 Å². The summed E-state index contributed by atoms with van der Waals surface area (Å²) >= 11 is 1.07. The second kappa shape index (κ2) is 18.0. The quantitative estimate of drug-likeness (QED) is 0.0585. The Labute approximate surface area is 306 Å². The topological polar surface area (TPSA) is 364 Å². The molecule has 3 heterocycles. The molecule has 7 unspecified atom stereocenters. The lowest BCUT2D eigenvalue weighted by molar-refractivity contribution is -0.137. The Morgan fingerprint density at radius 1 is 1.09 bits per heavy atom. The van der Waals surface area contributed by atoms with E-state index in [0.29, 0.717) is 12.2 Å². The number of nitrogens with one attached hydrogen (secondary N) is 2. The van der Waals surface area contributed by atoms with E-state index >= 15 is 0 Å². The number of fused-ring (bicyclic) bond motifs is 1. The Bertz CT molecular complexity index is 1780. The van der Waals surface area contributed by atoms with Crippen LogP contribution >= 0.6 is 35.2 Å². The van der Waals surface area contributed by atoms with Crippen LogP contribution in [0.5, 0.6) is 0 Å². The average molecular weight is 838 g/mol. The van der Waals surface area contributed by atoms with Crippen LogP contribution in [0.3, 0.4) is 0 Å². The minimum Gasteiger partial charge on any atom is -0.385 e. The number of carbonyl (C=O) groups is 3. The number of imidazole rings is 1. The van der Waals surface area contributed by atoms with Crippen molar-refractivity contribution in [2.75, 3.05) is 37.8 Å². The average Bonchev–Trinajstić information content (AvgIpc) is 3.60. The molecule has 0 bridgehead atoms. The largest absolute Gasteiger partial charge is 0.481 e. The Kier molecular flexibility index (Phi) is 15.3. The maximum atomic E-state index is 12.7. The Hall–Kier alpha value is -2.44. The van der Waals surface area contributed by atoms with Gasteiger partial charge in [-0.3, -0.25) is 32.5 Å². The molecule has 53 heavy (non-hydrogen) atoms. The number of rotatable bonds is 20.